The molecule has 1 heterocycles. The summed E-state index contributed by atoms with van der Waals surface area (Å²) in [6.45, 7) is 6.83. The van der Waals surface area contributed by atoms with Crippen molar-refractivity contribution >= 4 is 32.2 Å². The summed E-state index contributed by atoms with van der Waals surface area (Å²) in [5, 5.41) is 3.53. The highest BCUT2D eigenvalue weighted by atomic mass is 32.2. The number of aromatic nitrogens is 1. The third-order valence-electron chi connectivity index (χ3n) is 5.03. The first-order valence-electron chi connectivity index (χ1n) is 9.08. The van der Waals surface area contributed by atoms with Gasteiger partial charge in [0.1, 0.15) is 0 Å². The van der Waals surface area contributed by atoms with Gasteiger partial charge in [0, 0.05) is 16.7 Å². The van der Waals surface area contributed by atoms with Crippen LogP contribution in [0.3, 0.4) is 0 Å². The molecule has 1 unspecified atom stereocenters. The maximum Gasteiger partial charge on any atom is 0.257 e. The number of anilines is 1. The van der Waals surface area contributed by atoms with Crippen LogP contribution in [0.25, 0.3) is 0 Å². The molecule has 0 radical (unpaired) electrons. The van der Waals surface area contributed by atoms with Crippen molar-refractivity contribution in [3.8, 4) is 0 Å². The largest absolute Gasteiger partial charge is 0.298 e. The highest BCUT2D eigenvalue weighted by Crippen LogP contribution is 2.40. The Kier molecular flexibility index (Phi) is 5.45. The predicted octanol–water partition coefficient (Wildman–Crippen LogP) is 4.09. The van der Waals surface area contributed by atoms with Gasteiger partial charge in [-0.3, -0.25) is 10.1 Å². The first kappa shape index (κ1) is 20.0. The quantitative estimate of drug-likeness (QED) is 0.830. The average molecular weight is 407 g/mol. The van der Waals surface area contributed by atoms with Gasteiger partial charge in [-0.05, 0) is 48.3 Å². The van der Waals surface area contributed by atoms with Gasteiger partial charge in [0.2, 0.25) is 0 Å². The molecule has 1 atom stereocenters. The second-order valence-electron chi connectivity index (χ2n) is 8.42. The molecule has 0 spiro atoms. The van der Waals surface area contributed by atoms with Gasteiger partial charge in [0.15, 0.2) is 15.0 Å². The molecule has 0 saturated heterocycles. The summed E-state index contributed by atoms with van der Waals surface area (Å²) < 4.78 is 22.7. The van der Waals surface area contributed by atoms with Gasteiger partial charge in [0.05, 0.1) is 11.4 Å². The Bertz CT molecular complexity index is 939. The summed E-state index contributed by atoms with van der Waals surface area (Å²) in [5.74, 6) is 0.388. The lowest BCUT2D eigenvalue weighted by Crippen LogP contribution is -2.26. The maximum absolute atomic E-state index is 12.5. The number of sulfone groups is 1. The third kappa shape index (κ3) is 5.17. The SMILES string of the molecule is CC(C)(C)C1CCc2nc(NC(=O)c3ccc(CS(C)(=O)=O)cc3)sc2C1. The maximum atomic E-state index is 12.5. The van der Waals surface area contributed by atoms with Crippen LogP contribution in [0.15, 0.2) is 24.3 Å². The molecule has 1 aliphatic carbocycles. The van der Waals surface area contributed by atoms with Crippen molar-refractivity contribution in [1.82, 2.24) is 4.98 Å². The topological polar surface area (TPSA) is 76.1 Å². The van der Waals surface area contributed by atoms with Crippen LogP contribution in [0.5, 0.6) is 0 Å². The molecule has 1 amide bonds. The zero-order valence-electron chi connectivity index (χ0n) is 16.2. The Morgan fingerprint density at radius 2 is 1.93 bits per heavy atom. The van der Waals surface area contributed by atoms with E-state index in [0.29, 0.717) is 22.2 Å². The van der Waals surface area contributed by atoms with Gasteiger partial charge in [-0.15, -0.1) is 11.3 Å². The molecular formula is C20H26N2O3S2. The third-order valence-corrected chi connectivity index (χ3v) is 6.92. The Labute approximate surface area is 165 Å². The number of aryl methyl sites for hydroxylation is 1. The van der Waals surface area contributed by atoms with E-state index in [9.17, 15) is 13.2 Å². The highest BCUT2D eigenvalue weighted by Gasteiger charge is 2.30. The Morgan fingerprint density at radius 3 is 2.52 bits per heavy atom. The molecule has 5 nitrogen and oxygen atoms in total. The number of nitrogens with zero attached hydrogens (tertiary/aromatic N) is 1. The summed E-state index contributed by atoms with van der Waals surface area (Å²) in [6, 6.07) is 6.66. The zero-order chi connectivity index (χ0) is 19.8. The molecule has 27 heavy (non-hydrogen) atoms. The Morgan fingerprint density at radius 1 is 1.26 bits per heavy atom. The molecule has 1 aliphatic rings. The lowest BCUT2D eigenvalue weighted by molar-refractivity contribution is 0.102. The zero-order valence-corrected chi connectivity index (χ0v) is 17.8. The summed E-state index contributed by atoms with van der Waals surface area (Å²) in [6.07, 6.45) is 4.31. The number of carbonyl (C=O) groups excluding carboxylic acids is 1. The number of amides is 1. The number of nitrogens with one attached hydrogen (secondary N) is 1. The van der Waals surface area contributed by atoms with Gasteiger partial charge < -0.3 is 0 Å². The van der Waals surface area contributed by atoms with E-state index in [2.05, 4.69) is 31.1 Å². The van der Waals surface area contributed by atoms with Crippen LogP contribution < -0.4 is 5.32 Å². The van der Waals surface area contributed by atoms with Crippen LogP contribution in [0.2, 0.25) is 0 Å². The van der Waals surface area contributed by atoms with E-state index in [1.807, 2.05) is 0 Å². The van der Waals surface area contributed by atoms with Crippen LogP contribution in [-0.2, 0) is 28.4 Å². The van der Waals surface area contributed by atoms with Crippen LogP contribution in [0, 0.1) is 11.3 Å². The summed E-state index contributed by atoms with van der Waals surface area (Å²) in [7, 11) is -3.08. The standard InChI is InChI=1S/C20H26N2O3S2/c1-20(2,3)15-9-10-16-17(11-15)26-19(21-16)22-18(23)14-7-5-13(6-8-14)12-27(4,24)25/h5-8,15H,9-12H2,1-4H3,(H,21,22,23). The summed E-state index contributed by atoms with van der Waals surface area (Å²) in [5.41, 5.74) is 2.55. The minimum Gasteiger partial charge on any atom is -0.298 e. The lowest BCUT2D eigenvalue weighted by Gasteiger charge is -2.33. The van der Waals surface area contributed by atoms with E-state index in [1.165, 1.54) is 11.1 Å². The van der Waals surface area contributed by atoms with Gasteiger partial charge in [-0.1, -0.05) is 32.9 Å². The van der Waals surface area contributed by atoms with Gasteiger partial charge in [0.25, 0.3) is 5.91 Å². The first-order valence-corrected chi connectivity index (χ1v) is 12.0. The smallest absolute Gasteiger partial charge is 0.257 e. The van der Waals surface area contributed by atoms with E-state index in [-0.39, 0.29) is 17.1 Å². The number of benzene rings is 1. The number of rotatable bonds is 4. The van der Waals surface area contributed by atoms with Crippen LogP contribution in [0.1, 0.15) is 53.7 Å². The van der Waals surface area contributed by atoms with Crippen LogP contribution in [-0.4, -0.2) is 25.6 Å². The minimum absolute atomic E-state index is 0.0248. The van der Waals surface area contributed by atoms with Crippen LogP contribution >= 0.6 is 11.3 Å². The molecule has 0 saturated carbocycles. The fourth-order valence-electron chi connectivity index (χ4n) is 3.39. The molecule has 3 rings (SSSR count). The highest BCUT2D eigenvalue weighted by molar-refractivity contribution is 7.89. The van der Waals surface area contributed by atoms with Gasteiger partial charge >= 0.3 is 0 Å². The molecule has 7 heteroatoms. The number of hydrogen-bond donors (Lipinski definition) is 1. The minimum atomic E-state index is -3.08. The number of hydrogen-bond acceptors (Lipinski definition) is 5. The fraction of sp³-hybridized carbons (Fsp3) is 0.500. The fourth-order valence-corrected chi connectivity index (χ4v) is 5.27. The summed E-state index contributed by atoms with van der Waals surface area (Å²) >= 11 is 1.57. The molecule has 0 bridgehead atoms. The normalized spacial score (nSPS) is 17.4. The van der Waals surface area contributed by atoms with Gasteiger partial charge in [-0.2, -0.15) is 0 Å². The second-order valence-corrected chi connectivity index (χ2v) is 11.6. The second kappa shape index (κ2) is 7.36. The molecule has 146 valence electrons. The van der Waals surface area contributed by atoms with E-state index < -0.39 is 9.84 Å². The van der Waals surface area contributed by atoms with Crippen molar-refractivity contribution in [2.75, 3.05) is 11.6 Å². The molecule has 1 aromatic heterocycles. The average Bonchev–Trinajstić information content (AvgIpc) is 2.94. The van der Waals surface area contributed by atoms with E-state index in [1.54, 1.807) is 35.6 Å². The lowest BCUT2D eigenvalue weighted by atomic mass is 9.73. The van der Waals surface area contributed by atoms with Crippen molar-refractivity contribution in [2.45, 2.75) is 45.8 Å². The summed E-state index contributed by atoms with van der Waals surface area (Å²) in [4.78, 5) is 18.4. The van der Waals surface area contributed by atoms with Crippen LogP contribution in [0.4, 0.5) is 5.13 Å². The van der Waals surface area contributed by atoms with Gasteiger partial charge in [-0.25, -0.2) is 13.4 Å². The first-order chi connectivity index (χ1) is 12.5. The van der Waals surface area contributed by atoms with Crippen molar-refractivity contribution in [3.05, 3.63) is 46.0 Å². The van der Waals surface area contributed by atoms with Crippen molar-refractivity contribution < 1.29 is 13.2 Å². The van der Waals surface area contributed by atoms with E-state index in [4.69, 9.17) is 0 Å². The van der Waals surface area contributed by atoms with Crippen molar-refractivity contribution in [3.63, 3.8) is 0 Å². The molecular weight excluding hydrogens is 380 g/mol. The number of thiazole rings is 1. The number of fused-ring (bicyclic) bond motifs is 1. The number of carbonyl (C=O) groups is 1. The molecule has 1 N–H and O–H groups in total. The Balaban J connectivity index is 1.68. The van der Waals surface area contributed by atoms with E-state index >= 15 is 0 Å². The molecule has 0 aliphatic heterocycles. The Hall–Kier alpha value is -1.73. The van der Waals surface area contributed by atoms with E-state index in [0.717, 1.165) is 25.0 Å². The predicted molar refractivity (Wildman–Crippen MR) is 110 cm³/mol. The molecule has 2 aromatic rings. The monoisotopic (exact) mass is 406 g/mol. The van der Waals surface area contributed by atoms with Crippen molar-refractivity contribution in [1.29, 1.82) is 0 Å². The molecule has 0 fully saturated rings. The molecule has 1 aromatic carbocycles. The van der Waals surface area contributed by atoms with Crippen molar-refractivity contribution in [2.24, 2.45) is 11.3 Å².